The molecule has 2 aromatic carbocycles. The van der Waals surface area contributed by atoms with Crippen molar-refractivity contribution in [1.82, 2.24) is 15.1 Å². The number of piperidine rings is 2. The third-order valence-corrected chi connectivity index (χ3v) is 6.38. The molecule has 0 bridgehead atoms. The number of amides is 2. The van der Waals surface area contributed by atoms with Crippen molar-refractivity contribution in [3.8, 4) is 0 Å². The Labute approximate surface area is 185 Å². The molecular weight excluding hydrogens is 386 g/mol. The summed E-state index contributed by atoms with van der Waals surface area (Å²) in [6.07, 6.45) is 6.32. The maximum absolute atomic E-state index is 13.2. The predicted octanol–water partition coefficient (Wildman–Crippen LogP) is 4.04. The zero-order valence-corrected chi connectivity index (χ0v) is 18.3. The summed E-state index contributed by atoms with van der Waals surface area (Å²) in [5, 5.41) is 3.07. The average Bonchev–Trinajstić information content (AvgIpc) is 2.81. The number of likely N-dealkylation sites (tertiary alicyclic amines) is 2. The monoisotopic (exact) mass is 419 g/mol. The highest BCUT2D eigenvalue weighted by Gasteiger charge is 2.32. The molecule has 5 nitrogen and oxygen atoms in total. The Morgan fingerprint density at radius 1 is 0.839 bits per heavy atom. The molecule has 2 heterocycles. The molecule has 1 N–H and O–H groups in total. The van der Waals surface area contributed by atoms with Crippen molar-refractivity contribution in [1.29, 1.82) is 0 Å². The minimum atomic E-state index is -0.563. The number of carbonyl (C=O) groups is 2. The van der Waals surface area contributed by atoms with Gasteiger partial charge in [0.05, 0.1) is 0 Å². The topological polar surface area (TPSA) is 52.7 Å². The van der Waals surface area contributed by atoms with Gasteiger partial charge in [0.15, 0.2) is 0 Å². The van der Waals surface area contributed by atoms with Crippen molar-refractivity contribution >= 4 is 11.8 Å². The Kier molecular flexibility index (Phi) is 7.36. The highest BCUT2D eigenvalue weighted by molar-refractivity contribution is 5.89. The third-order valence-electron chi connectivity index (χ3n) is 6.38. The molecule has 2 saturated heterocycles. The van der Waals surface area contributed by atoms with Crippen LogP contribution in [0, 0.1) is 0 Å². The number of nitrogens with one attached hydrogen (secondary N) is 1. The maximum Gasteiger partial charge on any atom is 0.247 e. The van der Waals surface area contributed by atoms with Gasteiger partial charge in [-0.15, -0.1) is 0 Å². The van der Waals surface area contributed by atoms with Gasteiger partial charge in [0.2, 0.25) is 11.8 Å². The molecule has 2 fully saturated rings. The summed E-state index contributed by atoms with van der Waals surface area (Å²) in [5.74, 6) is -0.0452. The summed E-state index contributed by atoms with van der Waals surface area (Å²) >= 11 is 0. The molecule has 0 spiro atoms. The average molecular weight is 420 g/mol. The highest BCUT2D eigenvalue weighted by atomic mass is 16.2. The third kappa shape index (κ3) is 5.73. The summed E-state index contributed by atoms with van der Waals surface area (Å²) in [4.78, 5) is 30.0. The summed E-state index contributed by atoms with van der Waals surface area (Å²) in [5.41, 5.74) is 3.26. The number of hydrogen-bond donors (Lipinski definition) is 1. The minimum Gasteiger partial charge on any atom is -0.350 e. The molecule has 0 aliphatic carbocycles. The van der Waals surface area contributed by atoms with Crippen molar-refractivity contribution in [3.05, 3.63) is 71.3 Å². The van der Waals surface area contributed by atoms with E-state index in [1.165, 1.54) is 37.9 Å². The quantitative estimate of drug-likeness (QED) is 0.737. The van der Waals surface area contributed by atoms with Crippen LogP contribution in [-0.2, 0) is 22.7 Å². The van der Waals surface area contributed by atoms with Crippen LogP contribution in [0.4, 0.5) is 0 Å². The molecule has 0 aromatic heterocycles. The van der Waals surface area contributed by atoms with Crippen molar-refractivity contribution < 1.29 is 9.59 Å². The zero-order valence-electron chi connectivity index (χ0n) is 18.3. The summed E-state index contributed by atoms with van der Waals surface area (Å²) < 4.78 is 0. The van der Waals surface area contributed by atoms with Crippen LogP contribution in [0.2, 0.25) is 0 Å². The molecule has 2 amide bonds. The summed E-state index contributed by atoms with van der Waals surface area (Å²) in [6, 6.07) is 17.6. The first-order valence-electron chi connectivity index (χ1n) is 11.6. The van der Waals surface area contributed by atoms with E-state index in [9.17, 15) is 9.59 Å². The second-order valence-electron chi connectivity index (χ2n) is 8.73. The van der Waals surface area contributed by atoms with Crippen LogP contribution in [0.15, 0.2) is 54.6 Å². The van der Waals surface area contributed by atoms with E-state index in [2.05, 4.69) is 34.5 Å². The SMILES string of the molecule is O=C(NCc1ccc(CN2CCCCC2)cc1)C(c1ccccc1)N1CCCCC1=O. The fourth-order valence-corrected chi connectivity index (χ4v) is 4.63. The number of hydrogen-bond acceptors (Lipinski definition) is 3. The Hall–Kier alpha value is -2.66. The maximum atomic E-state index is 13.2. The molecule has 4 rings (SSSR count). The Bertz CT molecular complexity index is 860. The Balaban J connectivity index is 1.38. The smallest absolute Gasteiger partial charge is 0.247 e. The van der Waals surface area contributed by atoms with Gasteiger partial charge in [-0.25, -0.2) is 0 Å². The summed E-state index contributed by atoms with van der Waals surface area (Å²) in [7, 11) is 0. The Morgan fingerprint density at radius 3 is 2.23 bits per heavy atom. The van der Waals surface area contributed by atoms with Gasteiger partial charge in [0.1, 0.15) is 6.04 Å². The molecule has 0 saturated carbocycles. The molecule has 2 aliphatic heterocycles. The van der Waals surface area contributed by atoms with E-state index in [4.69, 9.17) is 0 Å². The van der Waals surface area contributed by atoms with Gasteiger partial charge < -0.3 is 10.2 Å². The second-order valence-corrected chi connectivity index (χ2v) is 8.73. The van der Waals surface area contributed by atoms with Crippen LogP contribution in [0.1, 0.15) is 61.3 Å². The molecule has 31 heavy (non-hydrogen) atoms. The van der Waals surface area contributed by atoms with Crippen molar-refractivity contribution in [2.45, 2.75) is 57.7 Å². The summed E-state index contributed by atoms with van der Waals surface area (Å²) in [6.45, 7) is 4.48. The van der Waals surface area contributed by atoms with Crippen LogP contribution in [0.3, 0.4) is 0 Å². The molecule has 2 aliphatic rings. The normalized spacial score (nSPS) is 18.6. The van der Waals surface area contributed by atoms with Crippen LogP contribution >= 0.6 is 0 Å². The van der Waals surface area contributed by atoms with Gasteiger partial charge in [-0.3, -0.25) is 14.5 Å². The first kappa shape index (κ1) is 21.6. The van der Waals surface area contributed by atoms with Crippen LogP contribution in [-0.4, -0.2) is 41.2 Å². The van der Waals surface area contributed by atoms with Gasteiger partial charge in [-0.1, -0.05) is 61.0 Å². The van der Waals surface area contributed by atoms with Crippen molar-refractivity contribution in [3.63, 3.8) is 0 Å². The lowest BCUT2D eigenvalue weighted by molar-refractivity contribution is -0.142. The van der Waals surface area contributed by atoms with E-state index >= 15 is 0 Å². The lowest BCUT2D eigenvalue weighted by Crippen LogP contribution is -2.45. The van der Waals surface area contributed by atoms with E-state index in [0.717, 1.165) is 30.5 Å². The van der Waals surface area contributed by atoms with Gasteiger partial charge >= 0.3 is 0 Å². The van der Waals surface area contributed by atoms with Crippen LogP contribution in [0.5, 0.6) is 0 Å². The largest absolute Gasteiger partial charge is 0.350 e. The predicted molar refractivity (Wildman–Crippen MR) is 122 cm³/mol. The van der Waals surface area contributed by atoms with E-state index in [-0.39, 0.29) is 11.8 Å². The molecule has 0 radical (unpaired) electrons. The van der Waals surface area contributed by atoms with Gasteiger partial charge in [-0.05, 0) is 55.5 Å². The second kappa shape index (κ2) is 10.6. The molecule has 5 heteroatoms. The number of nitrogens with zero attached hydrogens (tertiary/aromatic N) is 2. The van der Waals surface area contributed by atoms with Gasteiger partial charge in [-0.2, -0.15) is 0 Å². The van der Waals surface area contributed by atoms with Crippen molar-refractivity contribution in [2.24, 2.45) is 0 Å². The van der Waals surface area contributed by atoms with Gasteiger partial charge in [0.25, 0.3) is 0 Å². The molecular formula is C26H33N3O2. The molecule has 1 unspecified atom stereocenters. The first-order valence-corrected chi connectivity index (χ1v) is 11.6. The van der Waals surface area contributed by atoms with E-state index in [1.807, 2.05) is 30.3 Å². The van der Waals surface area contributed by atoms with E-state index < -0.39 is 6.04 Å². The number of carbonyl (C=O) groups excluding carboxylic acids is 2. The van der Waals surface area contributed by atoms with Crippen LogP contribution in [0.25, 0.3) is 0 Å². The fraction of sp³-hybridized carbons (Fsp3) is 0.462. The lowest BCUT2D eigenvalue weighted by Gasteiger charge is -2.34. The number of benzene rings is 2. The van der Waals surface area contributed by atoms with Gasteiger partial charge in [0, 0.05) is 26.1 Å². The fourth-order valence-electron chi connectivity index (χ4n) is 4.63. The minimum absolute atomic E-state index is 0.0670. The Morgan fingerprint density at radius 2 is 1.52 bits per heavy atom. The van der Waals surface area contributed by atoms with Crippen LogP contribution < -0.4 is 5.32 Å². The molecule has 2 aromatic rings. The number of rotatable bonds is 7. The van der Waals surface area contributed by atoms with E-state index in [1.54, 1.807) is 4.90 Å². The first-order chi connectivity index (χ1) is 15.2. The molecule has 1 atom stereocenters. The molecule has 164 valence electrons. The lowest BCUT2D eigenvalue weighted by atomic mass is 10.0. The standard InChI is InChI=1S/C26H33N3O2/c30-24-11-5-8-18-29(24)25(23-9-3-1-4-10-23)26(31)27-19-21-12-14-22(15-13-21)20-28-16-6-2-7-17-28/h1,3-4,9-10,12-15,25H,2,5-8,11,16-20H2,(H,27,31). The highest BCUT2D eigenvalue weighted by Crippen LogP contribution is 2.26. The van der Waals surface area contributed by atoms with Crippen molar-refractivity contribution in [2.75, 3.05) is 19.6 Å². The van der Waals surface area contributed by atoms with E-state index in [0.29, 0.717) is 19.5 Å². The zero-order chi connectivity index (χ0) is 21.5.